The number of hydrogen-bond acceptors (Lipinski definition) is 2. The molecule has 0 bridgehead atoms. The summed E-state index contributed by atoms with van der Waals surface area (Å²) in [7, 11) is 0. The maximum atomic E-state index is 13.6. The Hall–Kier alpha value is -1.56. The first-order chi connectivity index (χ1) is 8.90. The first-order valence-corrected chi connectivity index (χ1v) is 5.97. The molecule has 2 atom stereocenters. The Labute approximate surface area is 108 Å². The second-order valence-corrected chi connectivity index (χ2v) is 4.67. The van der Waals surface area contributed by atoms with Crippen LogP contribution in [0, 0.1) is 5.92 Å². The van der Waals surface area contributed by atoms with Gasteiger partial charge in [-0.15, -0.1) is 0 Å². The van der Waals surface area contributed by atoms with Gasteiger partial charge in [-0.2, -0.15) is 13.2 Å². The van der Waals surface area contributed by atoms with Crippen LogP contribution >= 0.6 is 0 Å². The van der Waals surface area contributed by atoms with E-state index in [-0.39, 0.29) is 18.5 Å². The molecule has 0 amide bonds. The zero-order valence-electron chi connectivity index (χ0n) is 10.1. The van der Waals surface area contributed by atoms with Crippen molar-refractivity contribution in [3.63, 3.8) is 0 Å². The third-order valence-electron chi connectivity index (χ3n) is 3.69. The molecule has 19 heavy (non-hydrogen) atoms. The fourth-order valence-electron chi connectivity index (χ4n) is 2.78. The average molecular weight is 273 g/mol. The van der Waals surface area contributed by atoms with Gasteiger partial charge in [0.25, 0.3) is 0 Å². The van der Waals surface area contributed by atoms with Crippen LogP contribution in [0.2, 0.25) is 0 Å². The normalized spacial score (nSPS) is 23.0. The molecule has 0 aromatic heterocycles. The molecule has 3 nitrogen and oxygen atoms in total. The van der Waals surface area contributed by atoms with Crippen molar-refractivity contribution in [3.8, 4) is 0 Å². The van der Waals surface area contributed by atoms with Crippen molar-refractivity contribution in [2.45, 2.75) is 18.0 Å². The summed E-state index contributed by atoms with van der Waals surface area (Å²) >= 11 is 0. The van der Waals surface area contributed by atoms with Gasteiger partial charge in [0, 0.05) is 5.92 Å². The zero-order valence-corrected chi connectivity index (χ0v) is 10.1. The quantitative estimate of drug-likeness (QED) is 0.887. The van der Waals surface area contributed by atoms with Crippen LogP contribution < -0.4 is 5.32 Å². The number of halogens is 3. The second kappa shape index (κ2) is 4.85. The van der Waals surface area contributed by atoms with E-state index in [1.54, 1.807) is 6.07 Å². The third kappa shape index (κ3) is 2.10. The molecule has 0 aliphatic carbocycles. The Bertz CT molecular complexity index is 455. The minimum absolute atomic E-state index is 0.0563. The van der Waals surface area contributed by atoms with Crippen LogP contribution in [-0.2, 0) is 10.2 Å². The number of carboxylic acids is 1. The van der Waals surface area contributed by atoms with Gasteiger partial charge < -0.3 is 10.4 Å². The van der Waals surface area contributed by atoms with Crippen LogP contribution in [0.15, 0.2) is 30.3 Å². The topological polar surface area (TPSA) is 49.3 Å². The van der Waals surface area contributed by atoms with Gasteiger partial charge in [0.15, 0.2) is 5.41 Å². The van der Waals surface area contributed by atoms with Crippen molar-refractivity contribution >= 4 is 5.97 Å². The molecule has 2 unspecified atom stereocenters. The Morgan fingerprint density at radius 3 is 2.32 bits per heavy atom. The number of hydrogen-bond donors (Lipinski definition) is 2. The molecule has 6 heteroatoms. The highest BCUT2D eigenvalue weighted by molar-refractivity contribution is 5.83. The van der Waals surface area contributed by atoms with Crippen LogP contribution in [0.25, 0.3) is 0 Å². The second-order valence-electron chi connectivity index (χ2n) is 4.67. The first kappa shape index (κ1) is 13.9. The van der Waals surface area contributed by atoms with Crippen molar-refractivity contribution in [3.05, 3.63) is 35.9 Å². The maximum absolute atomic E-state index is 13.6. The Morgan fingerprint density at radius 1 is 1.26 bits per heavy atom. The molecule has 0 spiro atoms. The lowest BCUT2D eigenvalue weighted by Crippen LogP contribution is -2.55. The van der Waals surface area contributed by atoms with Gasteiger partial charge in [-0.05, 0) is 25.1 Å². The minimum atomic E-state index is -4.84. The highest BCUT2D eigenvalue weighted by Crippen LogP contribution is 2.48. The van der Waals surface area contributed by atoms with Crippen LogP contribution in [0.5, 0.6) is 0 Å². The molecular formula is C13H14F3NO2. The number of alkyl halides is 3. The first-order valence-electron chi connectivity index (χ1n) is 5.97. The molecule has 1 saturated heterocycles. The van der Waals surface area contributed by atoms with Gasteiger partial charge in [-0.25, -0.2) is 0 Å². The maximum Gasteiger partial charge on any atom is 0.409 e. The highest BCUT2D eigenvalue weighted by atomic mass is 19.4. The van der Waals surface area contributed by atoms with E-state index in [0.29, 0.717) is 6.54 Å². The zero-order chi connectivity index (χ0) is 14.1. The van der Waals surface area contributed by atoms with Crippen molar-refractivity contribution in [1.82, 2.24) is 5.32 Å². The van der Waals surface area contributed by atoms with E-state index < -0.39 is 23.5 Å². The Balaban J connectivity index is 2.62. The molecule has 2 N–H and O–H groups in total. The number of benzene rings is 1. The minimum Gasteiger partial charge on any atom is -0.480 e. The summed E-state index contributed by atoms with van der Waals surface area (Å²) in [6.45, 7) is 0.462. The van der Waals surface area contributed by atoms with Gasteiger partial charge in [0.2, 0.25) is 0 Å². The van der Waals surface area contributed by atoms with E-state index in [0.717, 1.165) is 0 Å². The lowest BCUT2D eigenvalue weighted by Gasteiger charge is -2.36. The SMILES string of the molecule is O=C(O)C(c1ccccc1)(C1CCNC1)C(F)(F)F. The molecule has 1 fully saturated rings. The van der Waals surface area contributed by atoms with E-state index >= 15 is 0 Å². The molecule has 1 aromatic carbocycles. The Kier molecular flexibility index (Phi) is 3.54. The van der Waals surface area contributed by atoms with Crippen molar-refractivity contribution in [1.29, 1.82) is 0 Å². The molecule has 1 aliphatic heterocycles. The van der Waals surface area contributed by atoms with Gasteiger partial charge in [0.05, 0.1) is 0 Å². The summed E-state index contributed by atoms with van der Waals surface area (Å²) in [5, 5.41) is 12.1. The average Bonchev–Trinajstić information content (AvgIpc) is 2.83. The largest absolute Gasteiger partial charge is 0.480 e. The molecule has 104 valence electrons. The van der Waals surface area contributed by atoms with Crippen LogP contribution in [0.4, 0.5) is 13.2 Å². The number of carboxylic acid groups (broad SMARTS) is 1. The molecule has 0 saturated carbocycles. The fraction of sp³-hybridized carbons (Fsp3) is 0.462. The summed E-state index contributed by atoms with van der Waals surface area (Å²) < 4.78 is 40.7. The highest BCUT2D eigenvalue weighted by Gasteiger charge is 2.66. The van der Waals surface area contributed by atoms with Crippen molar-refractivity contribution in [2.75, 3.05) is 13.1 Å². The number of nitrogens with one attached hydrogen (secondary N) is 1. The smallest absolute Gasteiger partial charge is 0.409 e. The van der Waals surface area contributed by atoms with E-state index in [1.807, 2.05) is 0 Å². The van der Waals surface area contributed by atoms with Crippen molar-refractivity contribution < 1.29 is 23.1 Å². The van der Waals surface area contributed by atoms with E-state index in [2.05, 4.69) is 5.32 Å². The number of aliphatic carboxylic acids is 1. The molecular weight excluding hydrogens is 259 g/mol. The van der Waals surface area contributed by atoms with Crippen LogP contribution in [-0.4, -0.2) is 30.3 Å². The summed E-state index contributed by atoms with van der Waals surface area (Å²) in [4.78, 5) is 11.5. The summed E-state index contributed by atoms with van der Waals surface area (Å²) in [5.41, 5.74) is -3.04. The Morgan fingerprint density at radius 2 is 1.89 bits per heavy atom. The molecule has 1 aromatic rings. The van der Waals surface area contributed by atoms with Gasteiger partial charge in [-0.3, -0.25) is 4.79 Å². The van der Waals surface area contributed by atoms with E-state index in [1.165, 1.54) is 24.3 Å². The number of rotatable bonds is 3. The van der Waals surface area contributed by atoms with Gasteiger partial charge in [0.1, 0.15) is 0 Å². The van der Waals surface area contributed by atoms with Gasteiger partial charge in [-0.1, -0.05) is 30.3 Å². The molecule has 1 aliphatic rings. The number of carbonyl (C=O) groups is 1. The van der Waals surface area contributed by atoms with E-state index in [4.69, 9.17) is 0 Å². The summed E-state index contributed by atoms with van der Waals surface area (Å²) in [5.74, 6) is -2.83. The third-order valence-corrected chi connectivity index (χ3v) is 3.69. The van der Waals surface area contributed by atoms with E-state index in [9.17, 15) is 23.1 Å². The molecule has 2 rings (SSSR count). The predicted molar refractivity (Wildman–Crippen MR) is 62.8 cm³/mol. The monoisotopic (exact) mass is 273 g/mol. The standard InChI is InChI=1S/C13H14F3NO2/c14-13(15,16)12(11(18)19,10-6-7-17-8-10)9-4-2-1-3-5-9/h1-5,10,17H,6-8H2,(H,18,19). The molecule has 0 radical (unpaired) electrons. The van der Waals surface area contributed by atoms with Crippen molar-refractivity contribution in [2.24, 2.45) is 5.92 Å². The summed E-state index contributed by atoms with van der Waals surface area (Å²) in [6.07, 6.45) is -4.64. The summed E-state index contributed by atoms with van der Waals surface area (Å²) in [6, 6.07) is 6.90. The lowest BCUT2D eigenvalue weighted by molar-refractivity contribution is -0.216. The van der Waals surface area contributed by atoms with Crippen LogP contribution in [0.3, 0.4) is 0 Å². The predicted octanol–water partition coefficient (Wildman–Crippen LogP) is 2.18. The fourth-order valence-corrected chi connectivity index (χ4v) is 2.78. The molecule has 1 heterocycles. The van der Waals surface area contributed by atoms with Gasteiger partial charge >= 0.3 is 12.1 Å². The lowest BCUT2D eigenvalue weighted by atomic mass is 9.69. The van der Waals surface area contributed by atoms with Crippen LogP contribution in [0.1, 0.15) is 12.0 Å².